The van der Waals surface area contributed by atoms with Crippen molar-refractivity contribution >= 4 is 31.3 Å². The molecule has 0 aliphatic heterocycles. The topological polar surface area (TPSA) is 477 Å². The molecule has 0 amide bonds. The Kier molecular flexibility index (Phi) is 74.0. The summed E-state index contributed by atoms with van der Waals surface area (Å²) < 4.78 is 75.1. The zero-order valence-electron chi connectivity index (χ0n) is 41.3. The monoisotopic (exact) mass is 1230 g/mol. The molecule has 0 radical (unpaired) electrons. The van der Waals surface area contributed by atoms with E-state index in [0.717, 1.165) is 97.9 Å². The van der Waals surface area contributed by atoms with Crippen molar-refractivity contribution in [3.63, 3.8) is 0 Å². The summed E-state index contributed by atoms with van der Waals surface area (Å²) in [6.45, 7) is 25.0. The Balaban J connectivity index is -0.0000000728. The summed E-state index contributed by atoms with van der Waals surface area (Å²) in [5, 5.41) is 28.0. The molecular weight excluding hydrogens is 1170 g/mol. The first-order chi connectivity index (χ1) is 32.1. The van der Waals surface area contributed by atoms with E-state index in [9.17, 15) is 57.4 Å². The number of hydrogen-bond acceptors (Lipinski definition) is 22. The van der Waals surface area contributed by atoms with Gasteiger partial charge in [-0.2, -0.15) is 0 Å². The van der Waals surface area contributed by atoms with Crippen molar-refractivity contribution in [1.82, 2.24) is 0 Å². The molecule has 0 saturated heterocycles. The summed E-state index contributed by atoms with van der Waals surface area (Å²) in [5.74, 6) is 0. The zero-order chi connectivity index (χ0) is 58.8. The zero-order valence-corrected chi connectivity index (χ0v) is 50.5. The van der Waals surface area contributed by atoms with Gasteiger partial charge in [0.25, 0.3) is 0 Å². The Morgan fingerprint density at radius 2 is 0.386 bits per heavy atom. The number of hydrogen-bond donors (Lipinski definition) is 4. The summed E-state index contributed by atoms with van der Waals surface area (Å²) in [4.78, 5) is 87.4. The van der Waals surface area contributed by atoms with Crippen LogP contribution in [0, 0.1) is 83.1 Å². The molecule has 0 aromatic carbocycles. The number of H-pyrrole nitrogens is 4. The number of aromatic amines is 4. The van der Waals surface area contributed by atoms with Gasteiger partial charge in [-0.3, -0.25) is 0 Å². The van der Waals surface area contributed by atoms with E-state index in [1.165, 1.54) is 67.8 Å². The molecule has 0 spiro atoms. The van der Waals surface area contributed by atoms with Gasteiger partial charge in [-0.15, -0.1) is 0 Å². The molecule has 34 heteroatoms. The SMILES string of the molecule is CO.CO.CO.CO.Cc1cc(C)[nH+]c(C)c1.Cc1cc(C)[nH+]c(C)c1.Cc1cc(C)[nH+]c(C)c1.Cc1cc(C)[nH+]c(C)c1.O=P([O-])([O-])OP(=O)([O-])[O-].O=P([O-])([O-])OP(=O)([O-])[O-].[O]=[V].[O]=[V].[O]=[V].[O]=[V]. The Bertz CT molecular complexity index is 1590. The molecule has 8 N–H and O–H groups in total. The summed E-state index contributed by atoms with van der Waals surface area (Å²) in [5.41, 5.74) is 15.1. The number of aliphatic hydroxyl groups is 4. The van der Waals surface area contributed by atoms with Gasteiger partial charge in [0.1, 0.15) is 0 Å². The molecule has 70 heavy (non-hydrogen) atoms. The van der Waals surface area contributed by atoms with Crippen molar-refractivity contribution in [3.05, 3.63) is 116 Å². The molecule has 4 heterocycles. The normalized spacial score (nSPS) is 9.03. The Morgan fingerprint density at radius 3 is 0.429 bits per heavy atom. The molecule has 404 valence electrons. The van der Waals surface area contributed by atoms with E-state index in [2.05, 4.69) is 160 Å². The van der Waals surface area contributed by atoms with Crippen LogP contribution >= 0.6 is 31.3 Å². The van der Waals surface area contributed by atoms with E-state index in [4.69, 9.17) is 35.1 Å². The van der Waals surface area contributed by atoms with Crippen LogP contribution in [-0.4, -0.2) is 48.9 Å². The van der Waals surface area contributed by atoms with Crippen LogP contribution in [0.25, 0.3) is 0 Å². The van der Waals surface area contributed by atoms with Gasteiger partial charge >= 0.3 is 84.2 Å². The molecule has 0 atom stereocenters. The van der Waals surface area contributed by atoms with Crippen LogP contribution in [0.2, 0.25) is 0 Å². The number of aliphatic hydroxyl groups excluding tert-OH is 4. The van der Waals surface area contributed by atoms with Crippen molar-refractivity contribution in [3.8, 4) is 0 Å². The number of aryl methyl sites for hydroxylation is 12. The minimum absolute atomic E-state index is 1.00. The molecule has 4 aromatic rings. The van der Waals surface area contributed by atoms with Crippen LogP contribution in [0.3, 0.4) is 0 Å². The fourth-order valence-electron chi connectivity index (χ4n) is 4.68. The van der Waals surface area contributed by atoms with E-state index in [-0.39, 0.29) is 0 Å². The van der Waals surface area contributed by atoms with Crippen LogP contribution < -0.4 is 59.1 Å². The molecule has 26 nitrogen and oxygen atoms in total. The van der Waals surface area contributed by atoms with Crippen molar-refractivity contribution in [1.29, 1.82) is 0 Å². The number of phosphoric acid groups is 4. The quantitative estimate of drug-likeness (QED) is 0.148. The molecule has 0 fully saturated rings. The molecule has 0 aliphatic rings. The molecule has 0 bridgehead atoms. The summed E-state index contributed by atoms with van der Waals surface area (Å²) in [6, 6.07) is 17.1. The van der Waals surface area contributed by atoms with Crippen molar-refractivity contribution < 1.29 is 191 Å². The number of nitrogens with one attached hydrogen (secondary N) is 4. The Labute approximate surface area is 446 Å². The first-order valence-electron chi connectivity index (χ1n) is 18.1. The van der Waals surface area contributed by atoms with Gasteiger partial charge in [-0.05, 0) is 49.9 Å². The van der Waals surface area contributed by atoms with E-state index in [1.807, 2.05) is 0 Å². The average Bonchev–Trinajstić information content (AvgIpc) is 3.20. The second kappa shape index (κ2) is 56.8. The number of pyridine rings is 4. The van der Waals surface area contributed by atoms with Crippen LogP contribution in [-0.2, 0) is 111 Å². The van der Waals surface area contributed by atoms with E-state index in [0.29, 0.717) is 0 Å². The summed E-state index contributed by atoms with van der Waals surface area (Å²) in [7, 11) is -18.7. The van der Waals surface area contributed by atoms with Gasteiger partial charge < -0.3 is 86.5 Å². The standard InChI is InChI=1S/4C8H11N.4CH4O.2H4O7P2.4O.4V/c4*1-6-4-7(2)9-8(3)5-6;4*1-2;2*1-8(2,3)7-9(4,5)6;;;;;;;;/h4*4-5H,1-3H3;4*2H,1H3;2*(H2,1,2,3)(H2,4,5,6);;;;;;;;/p-4. The van der Waals surface area contributed by atoms with Crippen LogP contribution in [0.1, 0.15) is 67.8 Å². The van der Waals surface area contributed by atoms with Gasteiger partial charge in [-0.1, -0.05) is 0 Å². The second-order valence-electron chi connectivity index (χ2n) is 12.0. The van der Waals surface area contributed by atoms with Gasteiger partial charge in [0.15, 0.2) is 45.6 Å². The molecular formula is C36H64N4O22P4V4-4. The molecule has 0 unspecified atom stereocenters. The maximum atomic E-state index is 9.32. The van der Waals surface area contributed by atoms with Crippen molar-refractivity contribution in [2.75, 3.05) is 28.4 Å². The van der Waals surface area contributed by atoms with E-state index < -0.39 is 31.3 Å². The first kappa shape index (κ1) is 91.2. The van der Waals surface area contributed by atoms with Gasteiger partial charge in [0.05, 0.1) is 31.3 Å². The molecule has 0 saturated carbocycles. The third kappa shape index (κ3) is 83.4. The van der Waals surface area contributed by atoms with Gasteiger partial charge in [0.2, 0.25) is 0 Å². The summed E-state index contributed by atoms with van der Waals surface area (Å²) in [6.07, 6.45) is 0. The second-order valence-corrected chi connectivity index (χ2v) is 16.9. The number of aromatic nitrogens is 4. The third-order valence-corrected chi connectivity index (χ3v) is 8.73. The Morgan fingerprint density at radius 1 is 0.300 bits per heavy atom. The predicted molar refractivity (Wildman–Crippen MR) is 217 cm³/mol. The van der Waals surface area contributed by atoms with Crippen LogP contribution in [0.5, 0.6) is 0 Å². The molecule has 0 aliphatic carbocycles. The van der Waals surface area contributed by atoms with Gasteiger partial charge in [0, 0.05) is 132 Å². The molecule has 4 rings (SSSR count). The summed E-state index contributed by atoms with van der Waals surface area (Å²) >= 11 is 4.25. The van der Waals surface area contributed by atoms with Gasteiger partial charge in [-0.25, -0.2) is 19.9 Å². The first-order valence-corrected chi connectivity index (χ1v) is 26.2. The third-order valence-electron chi connectivity index (χ3n) is 5.53. The Hall–Kier alpha value is -1.50. The maximum absolute atomic E-state index is 9.32. The predicted octanol–water partition coefficient (Wildman–Crippen LogP) is -3.03. The van der Waals surface area contributed by atoms with Crippen molar-refractivity contribution in [2.45, 2.75) is 83.1 Å². The van der Waals surface area contributed by atoms with E-state index in [1.54, 1.807) is 0 Å². The van der Waals surface area contributed by atoms with E-state index >= 15 is 0 Å². The van der Waals surface area contributed by atoms with Crippen molar-refractivity contribution in [2.24, 2.45) is 0 Å². The average molecular weight is 1230 g/mol. The van der Waals surface area contributed by atoms with Crippen LogP contribution in [0.4, 0.5) is 0 Å². The number of rotatable bonds is 4. The fraction of sp³-hybridized carbons (Fsp3) is 0.444. The minimum atomic E-state index is -5.68. The van der Waals surface area contributed by atoms with Crippen LogP contribution in [0.15, 0.2) is 48.5 Å². The fourth-order valence-corrected chi connectivity index (χ4v) is 6.64. The molecule has 4 aromatic heterocycles.